The first-order valence-corrected chi connectivity index (χ1v) is 5.24. The van der Waals surface area contributed by atoms with E-state index in [9.17, 15) is 4.79 Å². The van der Waals surface area contributed by atoms with E-state index in [2.05, 4.69) is 0 Å². The van der Waals surface area contributed by atoms with Crippen molar-refractivity contribution in [2.24, 2.45) is 0 Å². The van der Waals surface area contributed by atoms with E-state index in [0.29, 0.717) is 0 Å². The van der Waals surface area contributed by atoms with Gasteiger partial charge in [0.2, 0.25) is 0 Å². The van der Waals surface area contributed by atoms with Gasteiger partial charge in [0.05, 0.1) is 0 Å². The van der Waals surface area contributed by atoms with Gasteiger partial charge in [0, 0.05) is 0 Å². The Morgan fingerprint density at radius 3 is 1.36 bits per heavy atom. The minimum atomic E-state index is -5.00. The molecule has 0 aromatic carbocycles. The molecule has 0 fully saturated rings. The number of hydrogen-bond acceptors (Lipinski definition) is 6. The van der Waals surface area contributed by atoms with Gasteiger partial charge < -0.3 is 10.2 Å². The van der Waals surface area contributed by atoms with Crippen molar-refractivity contribution < 1.29 is 47.9 Å². The summed E-state index contributed by atoms with van der Waals surface area (Å²) in [6, 6.07) is 0. The van der Waals surface area contributed by atoms with Crippen molar-refractivity contribution in [1.29, 1.82) is 0 Å². The summed E-state index contributed by atoms with van der Waals surface area (Å²) in [5, 5.41) is 15.8. The molecule has 6 N–H and O–H groups in total. The van der Waals surface area contributed by atoms with Crippen LogP contribution in [0.2, 0.25) is 0 Å². The van der Waals surface area contributed by atoms with Crippen LogP contribution in [-0.4, -0.2) is 37.0 Å². The van der Waals surface area contributed by atoms with E-state index < -0.39 is 30.2 Å². The Kier molecular flexibility index (Phi) is 6.92. The van der Waals surface area contributed by atoms with Crippen molar-refractivity contribution in [3.63, 3.8) is 0 Å². The molecule has 7 nitrogen and oxygen atoms in total. The molecule has 0 saturated carbocycles. The number of aliphatic hydroxyl groups excluding tert-OH is 1. The van der Waals surface area contributed by atoms with Gasteiger partial charge in [-0.1, -0.05) is 0 Å². The molecule has 0 spiro atoms. The number of carboxylic acid groups (broad SMARTS) is 1. The van der Waals surface area contributed by atoms with Crippen LogP contribution in [-0.2, 0) is 22.9 Å². The van der Waals surface area contributed by atoms with Crippen LogP contribution in [0.4, 0.5) is 0 Å². The first-order valence-electron chi connectivity index (χ1n) is 2.45. The fourth-order valence-corrected chi connectivity index (χ4v) is 0. The van der Waals surface area contributed by atoms with E-state index in [1.54, 1.807) is 0 Å². The van der Waals surface area contributed by atoms with Crippen LogP contribution >= 0.6 is 0 Å². The van der Waals surface area contributed by atoms with Gasteiger partial charge in [0.15, 0.2) is 0 Å². The summed E-state index contributed by atoms with van der Waals surface area (Å²) in [5.74, 6) is -1.19. The third-order valence-corrected chi connectivity index (χ3v) is 0.357. The first-order chi connectivity index (χ1) is 4.64. The molecule has 0 radical (unpaired) electrons. The quantitative estimate of drug-likeness (QED) is 0.255. The maximum atomic E-state index is 9.45. The molecule has 0 heterocycles. The Hall–Kier alpha value is -0.0157. The normalized spacial score (nSPS) is 12.9. The van der Waals surface area contributed by atoms with Gasteiger partial charge in [-0.05, 0) is 6.92 Å². The number of aliphatic hydroxyl groups is 1. The summed E-state index contributed by atoms with van der Waals surface area (Å²) in [7, 11) is 0. The molecule has 0 saturated heterocycles. The van der Waals surface area contributed by atoms with Crippen molar-refractivity contribution >= 4 is 5.97 Å². The van der Waals surface area contributed by atoms with E-state index in [-0.39, 0.29) is 0 Å². The molecular formula is C3H10O7Ti. The van der Waals surface area contributed by atoms with Crippen LogP contribution in [0.15, 0.2) is 0 Å². The fourth-order valence-electron chi connectivity index (χ4n) is 0. The van der Waals surface area contributed by atoms with E-state index >= 15 is 0 Å². The van der Waals surface area contributed by atoms with Crippen LogP contribution in [0.5, 0.6) is 0 Å². The molecule has 1 unspecified atom stereocenters. The van der Waals surface area contributed by atoms with Crippen molar-refractivity contribution in [1.82, 2.24) is 0 Å². The summed E-state index contributed by atoms with van der Waals surface area (Å²) < 4.78 is 29.5. The number of carbonyl (C=O) groups is 1. The van der Waals surface area contributed by atoms with Gasteiger partial charge in [-0.25, -0.2) is 4.79 Å². The summed E-state index contributed by atoms with van der Waals surface area (Å²) in [6.07, 6.45) is -1.23. The van der Waals surface area contributed by atoms with Crippen molar-refractivity contribution in [2.45, 2.75) is 13.0 Å². The van der Waals surface area contributed by atoms with Crippen molar-refractivity contribution in [2.75, 3.05) is 0 Å². The summed E-state index contributed by atoms with van der Waals surface area (Å²) in [4.78, 5) is 9.45. The van der Waals surface area contributed by atoms with E-state index in [4.69, 9.17) is 25.0 Å². The number of aliphatic carboxylic acids is 1. The minimum absolute atomic E-state index is 1.19. The average molecular weight is 206 g/mol. The Balaban J connectivity index is 0. The molecule has 11 heavy (non-hydrogen) atoms. The van der Waals surface area contributed by atoms with Crippen LogP contribution in [0.1, 0.15) is 6.92 Å². The van der Waals surface area contributed by atoms with E-state index in [0.717, 1.165) is 0 Å². The molecule has 0 rings (SSSR count). The second-order valence-corrected chi connectivity index (χ2v) is 3.49. The van der Waals surface area contributed by atoms with Crippen LogP contribution in [0.25, 0.3) is 0 Å². The summed E-state index contributed by atoms with van der Waals surface area (Å²) >= 11 is -5.00. The number of rotatable bonds is 1. The second kappa shape index (κ2) is 5.61. The fraction of sp³-hybridized carbons (Fsp3) is 0.667. The monoisotopic (exact) mass is 206 g/mol. The zero-order valence-corrected chi connectivity index (χ0v) is 7.23. The van der Waals surface area contributed by atoms with Gasteiger partial charge in [-0.2, -0.15) is 0 Å². The first kappa shape index (κ1) is 13.6. The van der Waals surface area contributed by atoms with Crippen LogP contribution in [0.3, 0.4) is 0 Å². The second-order valence-electron chi connectivity index (χ2n) is 1.61. The Morgan fingerprint density at radius 2 is 1.36 bits per heavy atom. The Labute approximate surface area is 67.4 Å². The molecule has 0 aliphatic rings. The topological polar surface area (TPSA) is 138 Å². The maximum absolute atomic E-state index is 9.45. The van der Waals surface area contributed by atoms with E-state index in [1.807, 2.05) is 0 Å². The van der Waals surface area contributed by atoms with Crippen LogP contribution in [0, 0.1) is 0 Å². The molecular weight excluding hydrogens is 196 g/mol. The van der Waals surface area contributed by atoms with Gasteiger partial charge in [0.1, 0.15) is 6.10 Å². The average Bonchev–Trinajstić information content (AvgIpc) is 1.59. The van der Waals surface area contributed by atoms with Gasteiger partial charge in [0.25, 0.3) is 0 Å². The number of carboxylic acids is 1. The summed E-state index contributed by atoms with van der Waals surface area (Å²) in [5.41, 5.74) is 0. The summed E-state index contributed by atoms with van der Waals surface area (Å²) in [6.45, 7) is 1.20. The molecule has 0 bridgehead atoms. The number of hydrogen-bond donors (Lipinski definition) is 6. The van der Waals surface area contributed by atoms with E-state index in [1.165, 1.54) is 6.92 Å². The SMILES string of the molecule is CC(O)C(=O)O.[OH][Ti]([OH])([OH])[OH]. The Morgan fingerprint density at radius 1 is 1.27 bits per heavy atom. The predicted octanol–water partition coefficient (Wildman–Crippen LogP) is -2.78. The zero-order valence-electron chi connectivity index (χ0n) is 5.67. The van der Waals surface area contributed by atoms with Crippen molar-refractivity contribution in [3.05, 3.63) is 0 Å². The molecule has 0 aliphatic heterocycles. The molecule has 68 valence electrons. The standard InChI is InChI=1S/C3H6O3.4H2O.Ti/c1-2(4)3(5)6;;;;;/h2,4H,1H3,(H,5,6);4*1H2;/q;;;;;+4/p-4. The van der Waals surface area contributed by atoms with Crippen molar-refractivity contribution in [3.8, 4) is 0 Å². The molecule has 8 heteroatoms. The zero-order chi connectivity index (χ0) is 9.65. The van der Waals surface area contributed by atoms with Crippen LogP contribution < -0.4 is 0 Å². The van der Waals surface area contributed by atoms with Gasteiger partial charge >= 0.3 is 38.9 Å². The molecule has 0 amide bonds. The third kappa shape index (κ3) is 40.1. The molecule has 0 aromatic heterocycles. The molecule has 1 atom stereocenters. The molecule has 0 aromatic rings. The third-order valence-electron chi connectivity index (χ3n) is 0.357. The molecule has 0 aliphatic carbocycles. The predicted molar refractivity (Wildman–Crippen MR) is 28.2 cm³/mol. The van der Waals surface area contributed by atoms with Gasteiger partial charge in [-0.3, -0.25) is 0 Å². The van der Waals surface area contributed by atoms with Gasteiger partial charge in [-0.15, -0.1) is 0 Å². The Bertz CT molecular complexity index is 109.